The Bertz CT molecular complexity index is 2680. The molecule has 0 fully saturated rings. The van der Waals surface area contributed by atoms with Crippen molar-refractivity contribution in [2.75, 3.05) is 4.90 Å². The fraction of sp³-hybridized carbons (Fsp3) is 0.0698. The Morgan fingerprint density at radius 2 is 1.26 bits per heavy atom. The van der Waals surface area contributed by atoms with E-state index < -0.39 is 0 Å². The van der Waals surface area contributed by atoms with Gasteiger partial charge >= 0.3 is 0 Å². The van der Waals surface area contributed by atoms with E-state index in [2.05, 4.69) is 158 Å². The minimum atomic E-state index is -0.0665. The number of anilines is 3. The van der Waals surface area contributed by atoms with E-state index in [1.165, 1.54) is 64.0 Å². The number of nitrogens with zero attached hydrogens (tertiary/aromatic N) is 1. The minimum absolute atomic E-state index is 0.0665. The maximum Gasteiger partial charge on any atom is 0.144 e. The van der Waals surface area contributed by atoms with Crippen molar-refractivity contribution < 1.29 is 4.42 Å². The van der Waals surface area contributed by atoms with Crippen LogP contribution in [0.15, 0.2) is 144 Å². The van der Waals surface area contributed by atoms with Crippen LogP contribution in [0.3, 0.4) is 0 Å². The van der Waals surface area contributed by atoms with Crippen LogP contribution in [0.1, 0.15) is 25.0 Å². The molecule has 46 heavy (non-hydrogen) atoms. The Hall–Kier alpha value is -5.38. The number of thiophene rings is 1. The lowest BCUT2D eigenvalue weighted by Crippen LogP contribution is -2.16. The van der Waals surface area contributed by atoms with Crippen molar-refractivity contribution in [2.45, 2.75) is 19.3 Å². The van der Waals surface area contributed by atoms with E-state index in [0.29, 0.717) is 0 Å². The molecule has 0 radical (unpaired) electrons. The predicted octanol–water partition coefficient (Wildman–Crippen LogP) is 12.9. The molecule has 0 atom stereocenters. The summed E-state index contributed by atoms with van der Waals surface area (Å²) < 4.78 is 9.13. The summed E-state index contributed by atoms with van der Waals surface area (Å²) in [6, 6.07) is 50.8. The first-order chi connectivity index (χ1) is 22.6. The van der Waals surface area contributed by atoms with E-state index in [4.69, 9.17) is 4.42 Å². The molecule has 2 nitrogen and oxygen atoms in total. The number of benzene rings is 7. The molecule has 0 saturated heterocycles. The van der Waals surface area contributed by atoms with Crippen LogP contribution in [0.4, 0.5) is 17.1 Å². The number of para-hydroxylation sites is 1. The van der Waals surface area contributed by atoms with Crippen LogP contribution in [-0.2, 0) is 5.41 Å². The van der Waals surface area contributed by atoms with E-state index in [1.54, 1.807) is 0 Å². The lowest BCUT2D eigenvalue weighted by molar-refractivity contribution is 0.660. The van der Waals surface area contributed by atoms with Gasteiger partial charge in [0, 0.05) is 53.4 Å². The highest BCUT2D eigenvalue weighted by Gasteiger charge is 2.35. The van der Waals surface area contributed by atoms with Gasteiger partial charge in [-0.2, -0.15) is 0 Å². The molecule has 1 aliphatic rings. The van der Waals surface area contributed by atoms with Gasteiger partial charge in [0.2, 0.25) is 0 Å². The maximum atomic E-state index is 6.64. The number of hydrogen-bond donors (Lipinski definition) is 0. The van der Waals surface area contributed by atoms with Crippen molar-refractivity contribution in [2.24, 2.45) is 0 Å². The standard InChI is InChI=1S/C43H29NOS/c1-43(2)35-15-9-8-14-31(35)32-19-17-28(24-36(32)43)44(27-11-4-3-5-12-27)29-18-20-33-39(25-29)46-38-23-21-34-40-30-13-7-6-10-26(30)16-22-37(40)45-42(34)41(33)38/h3-25H,1-2H3. The number of furan rings is 1. The molecule has 0 amide bonds. The second kappa shape index (κ2) is 9.32. The van der Waals surface area contributed by atoms with E-state index in [9.17, 15) is 0 Å². The molecule has 2 aromatic heterocycles. The van der Waals surface area contributed by atoms with E-state index in [0.717, 1.165) is 28.2 Å². The van der Waals surface area contributed by atoms with Crippen molar-refractivity contribution in [3.05, 3.63) is 151 Å². The zero-order chi connectivity index (χ0) is 30.6. The third-order valence-corrected chi connectivity index (χ3v) is 11.2. The highest BCUT2D eigenvalue weighted by atomic mass is 32.1. The molecule has 0 saturated carbocycles. The second-order valence-electron chi connectivity index (χ2n) is 12.9. The molecule has 0 spiro atoms. The lowest BCUT2D eigenvalue weighted by Gasteiger charge is -2.28. The first-order valence-corrected chi connectivity index (χ1v) is 16.7. The van der Waals surface area contributed by atoms with Gasteiger partial charge in [0.05, 0.1) is 0 Å². The fourth-order valence-electron chi connectivity index (χ4n) is 7.85. The van der Waals surface area contributed by atoms with Crippen molar-refractivity contribution in [1.82, 2.24) is 0 Å². The van der Waals surface area contributed by atoms with E-state index in [-0.39, 0.29) is 5.41 Å². The molecule has 2 heterocycles. The molecule has 1 aliphatic carbocycles. The van der Waals surface area contributed by atoms with Crippen LogP contribution >= 0.6 is 11.3 Å². The third-order valence-electron chi connectivity index (χ3n) is 10.0. The van der Waals surface area contributed by atoms with Gasteiger partial charge in [-0.25, -0.2) is 0 Å². The molecule has 0 unspecified atom stereocenters. The average molecular weight is 608 g/mol. The molecule has 0 N–H and O–H groups in total. The summed E-state index contributed by atoms with van der Waals surface area (Å²) in [6.45, 7) is 4.69. The molecule has 218 valence electrons. The summed E-state index contributed by atoms with van der Waals surface area (Å²) in [4.78, 5) is 2.39. The van der Waals surface area contributed by atoms with Gasteiger partial charge in [-0.1, -0.05) is 98.8 Å². The van der Waals surface area contributed by atoms with E-state index >= 15 is 0 Å². The zero-order valence-corrected chi connectivity index (χ0v) is 26.4. The normalized spacial score (nSPS) is 13.6. The summed E-state index contributed by atoms with van der Waals surface area (Å²) in [5, 5.41) is 7.28. The summed E-state index contributed by atoms with van der Waals surface area (Å²) >= 11 is 1.84. The highest BCUT2D eigenvalue weighted by molar-refractivity contribution is 7.26. The van der Waals surface area contributed by atoms with Gasteiger partial charge in [0.25, 0.3) is 0 Å². The first kappa shape index (κ1) is 25.9. The molecular weight excluding hydrogens is 579 g/mol. The van der Waals surface area contributed by atoms with Crippen molar-refractivity contribution in [3.63, 3.8) is 0 Å². The van der Waals surface area contributed by atoms with Crippen LogP contribution in [0.25, 0.3) is 64.0 Å². The summed E-state index contributed by atoms with van der Waals surface area (Å²) in [5.74, 6) is 0. The van der Waals surface area contributed by atoms with Gasteiger partial charge in [-0.3, -0.25) is 0 Å². The van der Waals surface area contributed by atoms with Crippen LogP contribution in [0.5, 0.6) is 0 Å². The largest absolute Gasteiger partial charge is 0.455 e. The monoisotopic (exact) mass is 607 g/mol. The second-order valence-corrected chi connectivity index (χ2v) is 14.0. The maximum absolute atomic E-state index is 6.64. The molecule has 10 rings (SSSR count). The lowest BCUT2D eigenvalue weighted by atomic mass is 9.82. The highest BCUT2D eigenvalue weighted by Crippen LogP contribution is 2.51. The number of rotatable bonds is 3. The van der Waals surface area contributed by atoms with Crippen LogP contribution in [0.2, 0.25) is 0 Å². The van der Waals surface area contributed by atoms with E-state index in [1.807, 2.05) is 11.3 Å². The average Bonchev–Trinajstić information content (AvgIpc) is 3.73. The number of hydrogen-bond acceptors (Lipinski definition) is 3. The summed E-state index contributed by atoms with van der Waals surface area (Å²) in [5.41, 5.74) is 10.7. The SMILES string of the molecule is CC1(C)c2ccccc2-c2ccc(N(c3ccccc3)c3ccc4c(c3)sc3ccc5c(oc6ccc7ccccc7c65)c34)cc21. The molecule has 3 heteroatoms. The Morgan fingerprint density at radius 1 is 0.522 bits per heavy atom. The van der Waals surface area contributed by atoms with Crippen LogP contribution in [-0.4, -0.2) is 0 Å². The summed E-state index contributed by atoms with van der Waals surface area (Å²) in [7, 11) is 0. The van der Waals surface area contributed by atoms with Gasteiger partial charge < -0.3 is 9.32 Å². The Kier molecular flexibility index (Phi) is 5.25. The third kappa shape index (κ3) is 3.52. The number of fused-ring (bicyclic) bond motifs is 12. The minimum Gasteiger partial charge on any atom is -0.455 e. The molecular formula is C43H29NOS. The quantitative estimate of drug-likeness (QED) is 0.199. The van der Waals surface area contributed by atoms with Gasteiger partial charge in [0.15, 0.2) is 0 Å². The topological polar surface area (TPSA) is 16.4 Å². The molecule has 9 aromatic rings. The first-order valence-electron chi connectivity index (χ1n) is 15.9. The van der Waals surface area contributed by atoms with Crippen molar-refractivity contribution in [3.8, 4) is 11.1 Å². The summed E-state index contributed by atoms with van der Waals surface area (Å²) in [6.07, 6.45) is 0. The Balaban J connectivity index is 1.17. The fourth-order valence-corrected chi connectivity index (χ4v) is 8.98. The molecule has 0 bridgehead atoms. The predicted molar refractivity (Wildman–Crippen MR) is 196 cm³/mol. The van der Waals surface area contributed by atoms with Crippen molar-refractivity contribution in [1.29, 1.82) is 0 Å². The molecule has 0 aliphatic heterocycles. The zero-order valence-electron chi connectivity index (χ0n) is 25.5. The Morgan fingerprint density at radius 3 is 2.17 bits per heavy atom. The van der Waals surface area contributed by atoms with Gasteiger partial charge in [-0.05, 0) is 87.6 Å². The van der Waals surface area contributed by atoms with Crippen LogP contribution in [0, 0.1) is 0 Å². The van der Waals surface area contributed by atoms with Crippen LogP contribution < -0.4 is 4.90 Å². The van der Waals surface area contributed by atoms with Gasteiger partial charge in [-0.15, -0.1) is 11.3 Å². The Labute approximate surface area is 270 Å². The smallest absolute Gasteiger partial charge is 0.144 e. The molecule has 7 aromatic carbocycles. The van der Waals surface area contributed by atoms with Crippen molar-refractivity contribution >= 4 is 81.3 Å². The van der Waals surface area contributed by atoms with Gasteiger partial charge in [0.1, 0.15) is 11.2 Å².